The molecule has 2 aromatic heterocycles. The van der Waals surface area contributed by atoms with Crippen molar-refractivity contribution >= 4 is 0 Å². The fourth-order valence-electron chi connectivity index (χ4n) is 3.76. The van der Waals surface area contributed by atoms with Gasteiger partial charge in [0.2, 0.25) is 0 Å². The highest BCUT2D eigenvalue weighted by Crippen LogP contribution is 2.18. The van der Waals surface area contributed by atoms with Crippen molar-refractivity contribution in [3.63, 3.8) is 0 Å². The fraction of sp³-hybridized carbons (Fsp3) is 0.409. The van der Waals surface area contributed by atoms with Crippen LogP contribution in [0.5, 0.6) is 0 Å². The molecular weight excluding hydrogens is 350 g/mol. The first-order chi connectivity index (χ1) is 13.8. The first kappa shape index (κ1) is 18.6. The maximum absolute atomic E-state index is 12.1. The van der Waals surface area contributed by atoms with Crippen LogP contribution in [-0.2, 0) is 19.5 Å². The van der Waals surface area contributed by atoms with Crippen LogP contribution in [0.4, 0.5) is 0 Å². The largest absolute Gasteiger partial charge is 0.307 e. The standard InChI is InChI=1S/C22H27N5O/c28-21-16-20(10-15-27-14-5-11-23-27)24-22(25-21)19-8-6-18(7-9-19)17-26-12-3-1-2-4-13-26/h5-9,11,14,16H,1-4,10,12-13,15,17H2,(H,24,25,28). The van der Waals surface area contributed by atoms with Gasteiger partial charge in [0, 0.05) is 43.5 Å². The highest BCUT2D eigenvalue weighted by atomic mass is 16.1. The maximum atomic E-state index is 12.1. The number of rotatable bonds is 6. The molecule has 6 nitrogen and oxygen atoms in total. The van der Waals surface area contributed by atoms with Crippen LogP contribution < -0.4 is 5.56 Å². The summed E-state index contributed by atoms with van der Waals surface area (Å²) in [5, 5.41) is 4.20. The fourth-order valence-corrected chi connectivity index (χ4v) is 3.76. The molecule has 6 heteroatoms. The van der Waals surface area contributed by atoms with Crippen molar-refractivity contribution in [1.82, 2.24) is 24.6 Å². The van der Waals surface area contributed by atoms with E-state index >= 15 is 0 Å². The Labute approximate surface area is 165 Å². The summed E-state index contributed by atoms with van der Waals surface area (Å²) in [5.41, 5.74) is 2.91. The van der Waals surface area contributed by atoms with Gasteiger partial charge in [0.15, 0.2) is 0 Å². The van der Waals surface area contributed by atoms with Crippen molar-refractivity contribution < 1.29 is 0 Å². The number of nitrogens with zero attached hydrogens (tertiary/aromatic N) is 4. The first-order valence-corrected chi connectivity index (χ1v) is 10.2. The minimum absolute atomic E-state index is 0.117. The van der Waals surface area contributed by atoms with Gasteiger partial charge >= 0.3 is 0 Å². The quantitative estimate of drug-likeness (QED) is 0.716. The van der Waals surface area contributed by atoms with E-state index < -0.39 is 0 Å². The second-order valence-corrected chi connectivity index (χ2v) is 7.49. The molecule has 0 saturated carbocycles. The predicted molar refractivity (Wildman–Crippen MR) is 110 cm³/mol. The highest BCUT2D eigenvalue weighted by Gasteiger charge is 2.10. The summed E-state index contributed by atoms with van der Waals surface area (Å²) in [4.78, 5) is 22.1. The van der Waals surface area contributed by atoms with Crippen molar-refractivity contribution in [2.24, 2.45) is 0 Å². The van der Waals surface area contributed by atoms with Crippen molar-refractivity contribution in [2.75, 3.05) is 13.1 Å². The maximum Gasteiger partial charge on any atom is 0.251 e. The van der Waals surface area contributed by atoms with E-state index in [1.165, 1.54) is 44.3 Å². The molecule has 3 aromatic rings. The molecule has 0 amide bonds. The molecule has 1 aliphatic heterocycles. The molecule has 1 saturated heterocycles. The number of hydrogen-bond donors (Lipinski definition) is 1. The summed E-state index contributed by atoms with van der Waals surface area (Å²) < 4.78 is 1.85. The van der Waals surface area contributed by atoms with E-state index in [0.29, 0.717) is 18.8 Å². The van der Waals surface area contributed by atoms with Crippen LogP contribution in [0.3, 0.4) is 0 Å². The number of benzene rings is 1. The number of aryl methyl sites for hydroxylation is 2. The normalized spacial score (nSPS) is 15.4. The van der Waals surface area contributed by atoms with Crippen molar-refractivity contribution in [2.45, 2.75) is 45.2 Å². The number of aromatic amines is 1. The zero-order valence-corrected chi connectivity index (χ0v) is 16.2. The summed E-state index contributed by atoms with van der Waals surface area (Å²) in [6.45, 7) is 4.08. The molecule has 4 rings (SSSR count). The molecule has 1 aromatic carbocycles. The summed E-state index contributed by atoms with van der Waals surface area (Å²) in [6.07, 6.45) is 9.64. The third-order valence-electron chi connectivity index (χ3n) is 5.28. The molecule has 1 fully saturated rings. The average Bonchev–Trinajstić information content (AvgIpc) is 3.10. The zero-order valence-electron chi connectivity index (χ0n) is 16.2. The Morgan fingerprint density at radius 3 is 2.54 bits per heavy atom. The monoisotopic (exact) mass is 377 g/mol. The molecule has 0 radical (unpaired) electrons. The molecular formula is C22H27N5O. The lowest BCUT2D eigenvalue weighted by Crippen LogP contribution is -2.23. The van der Waals surface area contributed by atoms with Gasteiger partial charge in [-0.05, 0) is 37.6 Å². The summed E-state index contributed by atoms with van der Waals surface area (Å²) in [7, 11) is 0. The number of H-pyrrole nitrogens is 1. The van der Waals surface area contributed by atoms with E-state index in [0.717, 1.165) is 17.8 Å². The van der Waals surface area contributed by atoms with Crippen LogP contribution in [0.25, 0.3) is 11.4 Å². The van der Waals surface area contributed by atoms with E-state index in [1.807, 2.05) is 16.9 Å². The van der Waals surface area contributed by atoms with E-state index in [-0.39, 0.29) is 5.56 Å². The van der Waals surface area contributed by atoms with Gasteiger partial charge in [-0.25, -0.2) is 4.98 Å². The SMILES string of the molecule is O=c1cc(CCn2cccn2)nc(-c2ccc(CN3CCCCCC3)cc2)[nH]1. The van der Waals surface area contributed by atoms with Gasteiger partial charge in [-0.3, -0.25) is 14.4 Å². The Kier molecular flexibility index (Phi) is 5.97. The van der Waals surface area contributed by atoms with E-state index in [2.05, 4.69) is 44.2 Å². The number of likely N-dealkylation sites (tertiary alicyclic amines) is 1. The lowest BCUT2D eigenvalue weighted by Gasteiger charge is -2.19. The number of aromatic nitrogens is 4. The smallest absolute Gasteiger partial charge is 0.251 e. The Morgan fingerprint density at radius 2 is 1.82 bits per heavy atom. The third-order valence-corrected chi connectivity index (χ3v) is 5.28. The van der Waals surface area contributed by atoms with Crippen LogP contribution >= 0.6 is 0 Å². The average molecular weight is 377 g/mol. The van der Waals surface area contributed by atoms with E-state index in [9.17, 15) is 4.79 Å². The van der Waals surface area contributed by atoms with Gasteiger partial charge in [-0.15, -0.1) is 0 Å². The minimum atomic E-state index is -0.117. The second kappa shape index (κ2) is 8.97. The molecule has 0 atom stereocenters. The number of nitrogens with one attached hydrogen (secondary N) is 1. The molecule has 0 bridgehead atoms. The predicted octanol–water partition coefficient (Wildman–Crippen LogP) is 3.25. The second-order valence-electron chi connectivity index (χ2n) is 7.49. The zero-order chi connectivity index (χ0) is 19.2. The minimum Gasteiger partial charge on any atom is -0.307 e. The summed E-state index contributed by atoms with van der Waals surface area (Å²) in [5.74, 6) is 0.629. The molecule has 3 heterocycles. The van der Waals surface area contributed by atoms with Gasteiger partial charge in [-0.2, -0.15) is 5.10 Å². The molecule has 0 aliphatic carbocycles. The van der Waals surface area contributed by atoms with Gasteiger partial charge in [0.05, 0.1) is 5.69 Å². The van der Waals surface area contributed by atoms with Crippen LogP contribution in [0.2, 0.25) is 0 Å². The molecule has 1 N–H and O–H groups in total. The third kappa shape index (κ3) is 4.95. The van der Waals surface area contributed by atoms with Crippen LogP contribution in [0, 0.1) is 0 Å². The summed E-state index contributed by atoms with van der Waals surface area (Å²) >= 11 is 0. The Bertz CT molecular complexity index is 922. The summed E-state index contributed by atoms with van der Waals surface area (Å²) in [6, 6.07) is 11.9. The Morgan fingerprint density at radius 1 is 1.04 bits per heavy atom. The Hall–Kier alpha value is -2.73. The van der Waals surface area contributed by atoms with Gasteiger partial charge in [-0.1, -0.05) is 37.1 Å². The molecule has 1 aliphatic rings. The molecule has 28 heavy (non-hydrogen) atoms. The lowest BCUT2D eigenvalue weighted by atomic mass is 10.1. The van der Waals surface area contributed by atoms with Crippen LogP contribution in [-0.4, -0.2) is 37.7 Å². The Balaban J connectivity index is 1.45. The first-order valence-electron chi connectivity index (χ1n) is 10.2. The van der Waals surface area contributed by atoms with Crippen molar-refractivity contribution in [3.8, 4) is 11.4 Å². The van der Waals surface area contributed by atoms with Gasteiger partial charge in [0.1, 0.15) is 5.82 Å². The van der Waals surface area contributed by atoms with E-state index in [4.69, 9.17) is 0 Å². The van der Waals surface area contributed by atoms with Gasteiger partial charge in [0.25, 0.3) is 5.56 Å². The lowest BCUT2D eigenvalue weighted by molar-refractivity contribution is 0.277. The van der Waals surface area contributed by atoms with Gasteiger partial charge < -0.3 is 4.98 Å². The number of hydrogen-bond acceptors (Lipinski definition) is 4. The van der Waals surface area contributed by atoms with Crippen molar-refractivity contribution in [1.29, 1.82) is 0 Å². The van der Waals surface area contributed by atoms with Crippen molar-refractivity contribution in [3.05, 3.63) is 70.4 Å². The molecule has 146 valence electrons. The van der Waals surface area contributed by atoms with Crippen LogP contribution in [0.15, 0.2) is 53.6 Å². The van der Waals surface area contributed by atoms with Crippen LogP contribution in [0.1, 0.15) is 36.9 Å². The van der Waals surface area contributed by atoms with E-state index in [1.54, 1.807) is 12.3 Å². The molecule has 0 spiro atoms. The molecule has 0 unspecified atom stereocenters. The highest BCUT2D eigenvalue weighted by molar-refractivity contribution is 5.55. The topological polar surface area (TPSA) is 66.8 Å².